The number of halogens is 1. The second-order valence-electron chi connectivity index (χ2n) is 4.26. The van der Waals surface area contributed by atoms with Crippen LogP contribution < -0.4 is 11.5 Å². The van der Waals surface area contributed by atoms with Gasteiger partial charge in [-0.2, -0.15) is 0 Å². The Labute approximate surface area is 108 Å². The van der Waals surface area contributed by atoms with Crippen molar-refractivity contribution in [2.75, 3.05) is 12.3 Å². The Balaban J connectivity index is 2.74. The van der Waals surface area contributed by atoms with Crippen molar-refractivity contribution in [3.8, 4) is 0 Å². The highest BCUT2D eigenvalue weighted by Crippen LogP contribution is 2.13. The molecule has 0 heterocycles. The maximum atomic E-state index is 13.6. The molecule has 0 saturated carbocycles. The van der Waals surface area contributed by atoms with Gasteiger partial charge in [-0.3, -0.25) is 9.00 Å². The fourth-order valence-electron chi connectivity index (χ4n) is 1.44. The average molecular weight is 272 g/mol. The average Bonchev–Trinajstić information content (AvgIpc) is 2.31. The van der Waals surface area contributed by atoms with E-state index in [0.717, 1.165) is 6.07 Å². The van der Waals surface area contributed by atoms with Crippen molar-refractivity contribution in [1.29, 1.82) is 0 Å². The lowest BCUT2D eigenvalue weighted by Crippen LogP contribution is -2.18. The van der Waals surface area contributed by atoms with Crippen LogP contribution in [0.15, 0.2) is 18.2 Å². The Hall–Kier alpha value is -1.27. The van der Waals surface area contributed by atoms with Gasteiger partial charge in [0.1, 0.15) is 5.82 Å². The van der Waals surface area contributed by atoms with Gasteiger partial charge in [0.15, 0.2) is 0 Å². The van der Waals surface area contributed by atoms with E-state index in [1.165, 1.54) is 12.1 Å². The van der Waals surface area contributed by atoms with Crippen molar-refractivity contribution in [1.82, 2.24) is 0 Å². The highest BCUT2D eigenvalue weighted by atomic mass is 32.2. The zero-order chi connectivity index (χ0) is 13.7. The summed E-state index contributed by atoms with van der Waals surface area (Å²) >= 11 is 0. The SMILES string of the molecule is CC(CN)CS(=O)Cc1ccc(C(N)=O)cc1F. The van der Waals surface area contributed by atoms with Crippen LogP contribution in [0, 0.1) is 11.7 Å². The lowest BCUT2D eigenvalue weighted by Gasteiger charge is -2.09. The number of nitrogens with two attached hydrogens (primary N) is 2. The maximum Gasteiger partial charge on any atom is 0.248 e. The van der Waals surface area contributed by atoms with Crippen LogP contribution >= 0.6 is 0 Å². The van der Waals surface area contributed by atoms with E-state index in [2.05, 4.69) is 0 Å². The van der Waals surface area contributed by atoms with Crippen LogP contribution in [-0.2, 0) is 16.6 Å². The van der Waals surface area contributed by atoms with Gasteiger partial charge in [-0.05, 0) is 24.6 Å². The van der Waals surface area contributed by atoms with Crippen LogP contribution in [0.5, 0.6) is 0 Å². The van der Waals surface area contributed by atoms with Gasteiger partial charge in [0.25, 0.3) is 0 Å². The quantitative estimate of drug-likeness (QED) is 0.802. The highest BCUT2D eigenvalue weighted by molar-refractivity contribution is 7.84. The molecule has 18 heavy (non-hydrogen) atoms. The largest absolute Gasteiger partial charge is 0.366 e. The second-order valence-corrected chi connectivity index (χ2v) is 5.76. The molecule has 0 fully saturated rings. The molecule has 0 radical (unpaired) electrons. The van der Waals surface area contributed by atoms with Gasteiger partial charge in [-0.25, -0.2) is 4.39 Å². The van der Waals surface area contributed by atoms with Gasteiger partial charge in [0.05, 0.1) is 5.75 Å². The molecule has 0 aromatic heterocycles. The summed E-state index contributed by atoms with van der Waals surface area (Å²) in [6.07, 6.45) is 0. The topological polar surface area (TPSA) is 86.2 Å². The maximum absolute atomic E-state index is 13.6. The first-order valence-corrected chi connectivity index (χ1v) is 7.06. The monoisotopic (exact) mass is 272 g/mol. The minimum atomic E-state index is -1.16. The van der Waals surface area contributed by atoms with Crippen LogP contribution in [0.25, 0.3) is 0 Å². The van der Waals surface area contributed by atoms with E-state index in [9.17, 15) is 13.4 Å². The van der Waals surface area contributed by atoms with Crippen molar-refractivity contribution >= 4 is 16.7 Å². The number of hydrogen-bond donors (Lipinski definition) is 2. The summed E-state index contributed by atoms with van der Waals surface area (Å²) < 4.78 is 25.4. The number of primary amides is 1. The first-order chi connectivity index (χ1) is 8.43. The Kier molecular flexibility index (Phi) is 5.43. The van der Waals surface area contributed by atoms with Crippen molar-refractivity contribution in [3.05, 3.63) is 35.1 Å². The number of amides is 1. The van der Waals surface area contributed by atoms with Crippen LogP contribution in [-0.4, -0.2) is 22.4 Å². The normalized spacial score (nSPS) is 14.2. The third-order valence-electron chi connectivity index (χ3n) is 2.53. The molecule has 1 rings (SSSR count). The molecule has 6 heteroatoms. The number of rotatable bonds is 6. The second kappa shape index (κ2) is 6.61. The molecule has 0 bridgehead atoms. The number of hydrogen-bond acceptors (Lipinski definition) is 3. The summed E-state index contributed by atoms with van der Waals surface area (Å²) in [5.74, 6) is -0.542. The molecule has 0 aliphatic heterocycles. The molecule has 4 nitrogen and oxygen atoms in total. The zero-order valence-corrected chi connectivity index (χ0v) is 11.0. The smallest absolute Gasteiger partial charge is 0.248 e. The fourth-order valence-corrected chi connectivity index (χ4v) is 2.90. The molecule has 4 N–H and O–H groups in total. The molecule has 1 aromatic rings. The van der Waals surface area contributed by atoms with Gasteiger partial charge in [0, 0.05) is 27.7 Å². The number of carbonyl (C=O) groups is 1. The van der Waals surface area contributed by atoms with E-state index in [0.29, 0.717) is 17.9 Å². The summed E-state index contributed by atoms with van der Waals surface area (Å²) in [7, 11) is -1.16. The molecule has 0 saturated heterocycles. The van der Waals surface area contributed by atoms with Crippen molar-refractivity contribution in [2.45, 2.75) is 12.7 Å². The number of benzene rings is 1. The van der Waals surface area contributed by atoms with Crippen molar-refractivity contribution < 1.29 is 13.4 Å². The van der Waals surface area contributed by atoms with Gasteiger partial charge in [-0.15, -0.1) is 0 Å². The third kappa shape index (κ3) is 4.19. The first-order valence-electron chi connectivity index (χ1n) is 5.57. The zero-order valence-electron chi connectivity index (χ0n) is 10.2. The third-order valence-corrected chi connectivity index (χ3v) is 4.10. The molecule has 0 aliphatic rings. The Morgan fingerprint density at radius 3 is 2.67 bits per heavy atom. The summed E-state index contributed by atoms with van der Waals surface area (Å²) in [4.78, 5) is 10.9. The van der Waals surface area contributed by atoms with Crippen LogP contribution in [0.4, 0.5) is 4.39 Å². The summed E-state index contributed by atoms with van der Waals surface area (Å²) in [5.41, 5.74) is 10.9. The molecule has 1 aromatic carbocycles. The summed E-state index contributed by atoms with van der Waals surface area (Å²) in [6, 6.07) is 3.95. The van der Waals surface area contributed by atoms with Gasteiger partial charge < -0.3 is 11.5 Å². The van der Waals surface area contributed by atoms with Gasteiger partial charge >= 0.3 is 0 Å². The fraction of sp³-hybridized carbons (Fsp3) is 0.417. The summed E-state index contributed by atoms with van der Waals surface area (Å²) in [6.45, 7) is 2.35. The number of carbonyl (C=O) groups excluding carboxylic acids is 1. The molecular formula is C12H17FN2O2S. The lowest BCUT2D eigenvalue weighted by atomic mass is 10.1. The molecule has 0 aliphatic carbocycles. The summed E-state index contributed by atoms with van der Waals surface area (Å²) in [5, 5.41) is 0. The van der Waals surface area contributed by atoms with Crippen LogP contribution in [0.3, 0.4) is 0 Å². The molecule has 0 spiro atoms. The predicted molar refractivity (Wildman–Crippen MR) is 69.8 cm³/mol. The minimum absolute atomic E-state index is 0.109. The van der Waals surface area contributed by atoms with Gasteiger partial charge in [0.2, 0.25) is 5.91 Å². The molecular weight excluding hydrogens is 255 g/mol. The molecule has 2 atom stereocenters. The molecule has 2 unspecified atom stereocenters. The van der Waals surface area contributed by atoms with E-state index in [4.69, 9.17) is 11.5 Å². The van der Waals surface area contributed by atoms with E-state index in [1.807, 2.05) is 6.92 Å². The first kappa shape index (κ1) is 14.8. The van der Waals surface area contributed by atoms with Crippen molar-refractivity contribution in [2.24, 2.45) is 17.4 Å². The Bertz CT molecular complexity index is 465. The van der Waals surface area contributed by atoms with E-state index in [1.54, 1.807) is 0 Å². The van der Waals surface area contributed by atoms with Crippen molar-refractivity contribution in [3.63, 3.8) is 0 Å². The Morgan fingerprint density at radius 1 is 1.50 bits per heavy atom. The van der Waals surface area contributed by atoms with E-state index < -0.39 is 22.5 Å². The van der Waals surface area contributed by atoms with E-state index in [-0.39, 0.29) is 17.2 Å². The molecule has 100 valence electrons. The van der Waals surface area contributed by atoms with Gasteiger partial charge in [-0.1, -0.05) is 13.0 Å². The molecule has 1 amide bonds. The minimum Gasteiger partial charge on any atom is -0.366 e. The van der Waals surface area contributed by atoms with E-state index >= 15 is 0 Å². The lowest BCUT2D eigenvalue weighted by molar-refractivity contribution is 0.1000. The van der Waals surface area contributed by atoms with Crippen LogP contribution in [0.2, 0.25) is 0 Å². The van der Waals surface area contributed by atoms with Crippen LogP contribution in [0.1, 0.15) is 22.8 Å². The standard InChI is InChI=1S/C12H17FN2O2S/c1-8(5-14)6-18(17)7-10-3-2-9(12(15)16)4-11(10)13/h2-4,8H,5-7,14H2,1H3,(H2,15,16). The predicted octanol–water partition coefficient (Wildman–Crippen LogP) is 0.768. The highest BCUT2D eigenvalue weighted by Gasteiger charge is 2.12. The Morgan fingerprint density at radius 2 is 2.17 bits per heavy atom.